The summed E-state index contributed by atoms with van der Waals surface area (Å²) in [6.07, 6.45) is 4.96. The molecule has 1 aromatic heterocycles. The lowest BCUT2D eigenvalue weighted by Gasteiger charge is -2.37. The maximum Gasteiger partial charge on any atom is 0.0931 e. The van der Waals surface area contributed by atoms with Gasteiger partial charge >= 0.3 is 0 Å². The number of halogens is 1. The summed E-state index contributed by atoms with van der Waals surface area (Å²) < 4.78 is 0.866. The normalized spacial score (nSPS) is 21.4. The van der Waals surface area contributed by atoms with Crippen molar-refractivity contribution >= 4 is 22.9 Å². The quantitative estimate of drug-likeness (QED) is 0.906. The van der Waals surface area contributed by atoms with Crippen LogP contribution in [0.3, 0.4) is 0 Å². The van der Waals surface area contributed by atoms with Crippen molar-refractivity contribution < 1.29 is 0 Å². The summed E-state index contributed by atoms with van der Waals surface area (Å²) >= 11 is 7.73. The third-order valence-corrected chi connectivity index (χ3v) is 4.85. The average Bonchev–Trinajstić information content (AvgIpc) is 2.77. The number of hydrogen-bond donors (Lipinski definition) is 1. The highest BCUT2D eigenvalue weighted by Gasteiger charge is 2.27. The van der Waals surface area contributed by atoms with Crippen LogP contribution in [0.2, 0.25) is 4.34 Å². The van der Waals surface area contributed by atoms with Gasteiger partial charge in [-0.2, -0.15) is 0 Å². The first-order valence-electron chi connectivity index (χ1n) is 6.47. The summed E-state index contributed by atoms with van der Waals surface area (Å²) in [5, 5.41) is 0. The highest BCUT2D eigenvalue weighted by molar-refractivity contribution is 7.16. The summed E-state index contributed by atoms with van der Waals surface area (Å²) in [6.45, 7) is 4.51. The second-order valence-electron chi connectivity index (χ2n) is 4.76. The lowest BCUT2D eigenvalue weighted by molar-refractivity contribution is 0.143. The van der Waals surface area contributed by atoms with Crippen LogP contribution in [0, 0.1) is 0 Å². The van der Waals surface area contributed by atoms with Crippen LogP contribution in [-0.2, 0) is 0 Å². The van der Waals surface area contributed by atoms with Gasteiger partial charge in [0.2, 0.25) is 0 Å². The lowest BCUT2D eigenvalue weighted by atomic mass is 10.00. The van der Waals surface area contributed by atoms with Gasteiger partial charge in [0, 0.05) is 10.9 Å². The van der Waals surface area contributed by atoms with Gasteiger partial charge in [0.15, 0.2) is 0 Å². The minimum absolute atomic E-state index is 0.211. The predicted molar refractivity (Wildman–Crippen MR) is 75.8 cm³/mol. The molecule has 0 spiro atoms. The molecule has 2 N–H and O–H groups in total. The van der Waals surface area contributed by atoms with Crippen LogP contribution in [0.4, 0.5) is 0 Å². The number of hydrogen-bond acceptors (Lipinski definition) is 3. The zero-order chi connectivity index (χ0) is 12.3. The number of likely N-dealkylation sites (tertiary alicyclic amines) is 1. The second kappa shape index (κ2) is 6.19. The van der Waals surface area contributed by atoms with Crippen molar-refractivity contribution in [2.75, 3.05) is 13.1 Å². The predicted octanol–water partition coefficient (Wildman–Crippen LogP) is 3.67. The lowest BCUT2D eigenvalue weighted by Crippen LogP contribution is -2.42. The average molecular weight is 273 g/mol. The van der Waals surface area contributed by atoms with Gasteiger partial charge in [-0.3, -0.25) is 4.90 Å². The largest absolute Gasteiger partial charge is 0.326 e. The molecule has 1 fully saturated rings. The Labute approximate surface area is 113 Å². The van der Waals surface area contributed by atoms with Gasteiger partial charge in [-0.05, 0) is 44.5 Å². The highest BCUT2D eigenvalue weighted by atomic mass is 35.5. The molecule has 0 aromatic carbocycles. The molecule has 2 atom stereocenters. The van der Waals surface area contributed by atoms with Gasteiger partial charge in [0.05, 0.1) is 10.4 Å². The van der Waals surface area contributed by atoms with Crippen LogP contribution >= 0.6 is 22.9 Å². The zero-order valence-corrected chi connectivity index (χ0v) is 11.9. The Kier molecular flexibility index (Phi) is 4.86. The van der Waals surface area contributed by atoms with Crippen LogP contribution in [0.15, 0.2) is 12.1 Å². The first-order chi connectivity index (χ1) is 8.22. The Hall–Kier alpha value is -0.0900. The van der Waals surface area contributed by atoms with Crippen molar-refractivity contribution in [3.05, 3.63) is 21.3 Å². The van der Waals surface area contributed by atoms with Crippen molar-refractivity contribution in [3.63, 3.8) is 0 Å². The fraction of sp³-hybridized carbons (Fsp3) is 0.692. The topological polar surface area (TPSA) is 29.3 Å². The molecule has 0 radical (unpaired) electrons. The number of nitrogens with two attached hydrogens (primary N) is 1. The molecule has 96 valence electrons. The van der Waals surface area contributed by atoms with Crippen LogP contribution in [0.5, 0.6) is 0 Å². The number of thiophene rings is 1. The van der Waals surface area contributed by atoms with Crippen LogP contribution < -0.4 is 5.73 Å². The van der Waals surface area contributed by atoms with E-state index in [2.05, 4.69) is 17.9 Å². The van der Waals surface area contributed by atoms with Gasteiger partial charge in [-0.25, -0.2) is 0 Å². The molecule has 2 heterocycles. The van der Waals surface area contributed by atoms with Crippen molar-refractivity contribution in [3.8, 4) is 0 Å². The van der Waals surface area contributed by atoms with E-state index in [1.54, 1.807) is 11.3 Å². The van der Waals surface area contributed by atoms with E-state index >= 15 is 0 Å². The molecular formula is C13H21ClN2S. The van der Waals surface area contributed by atoms with E-state index in [9.17, 15) is 0 Å². The molecule has 1 aromatic rings. The van der Waals surface area contributed by atoms with Gasteiger partial charge in [-0.15, -0.1) is 11.3 Å². The molecule has 0 aliphatic carbocycles. The molecule has 2 rings (SSSR count). The third-order valence-electron chi connectivity index (χ3n) is 3.55. The Balaban J connectivity index is 2.17. The summed E-state index contributed by atoms with van der Waals surface area (Å²) in [7, 11) is 0. The SMILES string of the molecule is CCC(N)C(c1ccc(Cl)s1)N1CCCCC1. The molecule has 0 amide bonds. The molecule has 4 heteroatoms. The van der Waals surface area contributed by atoms with E-state index in [0.29, 0.717) is 6.04 Å². The van der Waals surface area contributed by atoms with E-state index in [1.807, 2.05) is 6.07 Å². The van der Waals surface area contributed by atoms with Crippen molar-refractivity contribution in [2.45, 2.75) is 44.7 Å². The Bertz CT molecular complexity index is 347. The number of rotatable bonds is 4. The van der Waals surface area contributed by atoms with Crippen molar-refractivity contribution in [1.29, 1.82) is 0 Å². The molecule has 1 aliphatic rings. The molecule has 2 nitrogen and oxygen atoms in total. The molecule has 1 saturated heterocycles. The minimum Gasteiger partial charge on any atom is -0.326 e. The molecule has 1 aliphatic heterocycles. The smallest absolute Gasteiger partial charge is 0.0931 e. The molecule has 0 saturated carbocycles. The van der Waals surface area contributed by atoms with Gasteiger partial charge < -0.3 is 5.73 Å². The molecule has 0 bridgehead atoms. The second-order valence-corrected chi connectivity index (χ2v) is 6.50. The van der Waals surface area contributed by atoms with Crippen LogP contribution in [0.25, 0.3) is 0 Å². The Morgan fingerprint density at radius 2 is 2.06 bits per heavy atom. The van der Waals surface area contributed by atoms with E-state index < -0.39 is 0 Å². The molecule has 2 unspecified atom stereocenters. The van der Waals surface area contributed by atoms with Crippen LogP contribution in [-0.4, -0.2) is 24.0 Å². The van der Waals surface area contributed by atoms with Crippen molar-refractivity contribution in [1.82, 2.24) is 4.90 Å². The van der Waals surface area contributed by atoms with Gasteiger partial charge in [0.1, 0.15) is 0 Å². The standard InChI is InChI=1S/C13H21ClN2S/c1-2-10(15)13(11-6-7-12(14)17-11)16-8-4-3-5-9-16/h6-7,10,13H,2-5,8-9,15H2,1H3. The van der Waals surface area contributed by atoms with E-state index in [-0.39, 0.29) is 6.04 Å². The van der Waals surface area contributed by atoms with E-state index in [0.717, 1.165) is 10.8 Å². The van der Waals surface area contributed by atoms with Crippen LogP contribution in [0.1, 0.15) is 43.5 Å². The first-order valence-corrected chi connectivity index (χ1v) is 7.66. The summed E-state index contributed by atoms with van der Waals surface area (Å²) in [5.41, 5.74) is 6.31. The monoisotopic (exact) mass is 272 g/mol. The maximum absolute atomic E-state index is 6.31. The Morgan fingerprint density at radius 3 is 2.59 bits per heavy atom. The van der Waals surface area contributed by atoms with E-state index in [4.69, 9.17) is 17.3 Å². The summed E-state index contributed by atoms with van der Waals surface area (Å²) in [4.78, 5) is 3.87. The minimum atomic E-state index is 0.211. The van der Waals surface area contributed by atoms with Gasteiger partial charge in [0.25, 0.3) is 0 Å². The van der Waals surface area contributed by atoms with Gasteiger partial charge in [-0.1, -0.05) is 24.9 Å². The maximum atomic E-state index is 6.31. The fourth-order valence-electron chi connectivity index (χ4n) is 2.57. The third kappa shape index (κ3) is 3.22. The Morgan fingerprint density at radius 1 is 1.35 bits per heavy atom. The highest BCUT2D eigenvalue weighted by Crippen LogP contribution is 2.34. The van der Waals surface area contributed by atoms with Crippen molar-refractivity contribution in [2.24, 2.45) is 5.73 Å². The number of nitrogens with zero attached hydrogens (tertiary/aromatic N) is 1. The molecular weight excluding hydrogens is 252 g/mol. The fourth-order valence-corrected chi connectivity index (χ4v) is 3.84. The summed E-state index contributed by atoms with van der Waals surface area (Å²) in [5.74, 6) is 0. The first kappa shape index (κ1) is 13.3. The van der Waals surface area contributed by atoms with E-state index in [1.165, 1.54) is 37.2 Å². The number of piperidine rings is 1. The zero-order valence-electron chi connectivity index (χ0n) is 10.4. The molecule has 17 heavy (non-hydrogen) atoms. The summed E-state index contributed by atoms with van der Waals surface area (Å²) in [6, 6.07) is 4.70.